The number of nitrogens with one attached hydrogen (secondary N) is 1. The molecule has 0 fully saturated rings. The molecular weight excluding hydrogens is 398 g/mol. The fraction of sp³-hybridized carbons (Fsp3) is 0.462. The normalized spacial score (nSPS) is 13.4. The van der Waals surface area contributed by atoms with E-state index in [2.05, 4.69) is 63.2 Å². The zero-order valence-corrected chi connectivity index (χ0v) is 19.4. The Morgan fingerprint density at radius 2 is 1.94 bits per heavy atom. The van der Waals surface area contributed by atoms with Crippen LogP contribution >= 0.6 is 0 Å². The predicted octanol–water partition coefficient (Wildman–Crippen LogP) is 4.22. The van der Waals surface area contributed by atoms with Crippen molar-refractivity contribution in [1.29, 1.82) is 0 Å². The molecule has 3 aromatic rings. The Hall–Kier alpha value is -2.70. The van der Waals surface area contributed by atoms with E-state index in [1.165, 1.54) is 41.9 Å². The minimum atomic E-state index is 0.781. The Morgan fingerprint density at radius 3 is 2.78 bits per heavy atom. The van der Waals surface area contributed by atoms with Gasteiger partial charge in [-0.15, -0.1) is 0 Å². The Labute approximate surface area is 191 Å². The maximum Gasteiger partial charge on any atom is 0.0722 e. The molecule has 170 valence electrons. The van der Waals surface area contributed by atoms with Crippen LogP contribution in [-0.2, 0) is 24.2 Å². The SMILES string of the molecule is COCCNCCCCCn1nc(C)c2c1CCN(c1ccnc(-c3ccccc3)c1)C2. The number of anilines is 1. The lowest BCUT2D eigenvalue weighted by Gasteiger charge is -2.30. The third-order valence-corrected chi connectivity index (χ3v) is 6.22. The lowest BCUT2D eigenvalue weighted by Crippen LogP contribution is -2.31. The third-order valence-electron chi connectivity index (χ3n) is 6.22. The molecule has 0 unspecified atom stereocenters. The first kappa shape index (κ1) is 22.5. The van der Waals surface area contributed by atoms with Gasteiger partial charge < -0.3 is 15.0 Å². The molecule has 1 aromatic carbocycles. The minimum absolute atomic E-state index is 0.781. The topological polar surface area (TPSA) is 55.2 Å². The molecule has 0 saturated carbocycles. The summed E-state index contributed by atoms with van der Waals surface area (Å²) in [5, 5.41) is 8.31. The van der Waals surface area contributed by atoms with Gasteiger partial charge in [-0.25, -0.2) is 0 Å². The zero-order chi connectivity index (χ0) is 22.2. The smallest absolute Gasteiger partial charge is 0.0722 e. The molecule has 0 amide bonds. The first-order chi connectivity index (χ1) is 15.8. The van der Waals surface area contributed by atoms with Crippen LogP contribution in [0.5, 0.6) is 0 Å². The maximum atomic E-state index is 5.06. The molecule has 6 heteroatoms. The van der Waals surface area contributed by atoms with Crippen molar-refractivity contribution in [2.45, 2.75) is 45.7 Å². The molecule has 1 N–H and O–H groups in total. The number of nitrogens with zero attached hydrogens (tertiary/aromatic N) is 4. The highest BCUT2D eigenvalue weighted by Crippen LogP contribution is 2.29. The quantitative estimate of drug-likeness (QED) is 0.459. The second-order valence-electron chi connectivity index (χ2n) is 8.47. The van der Waals surface area contributed by atoms with Crippen molar-refractivity contribution < 1.29 is 4.74 Å². The zero-order valence-electron chi connectivity index (χ0n) is 19.4. The summed E-state index contributed by atoms with van der Waals surface area (Å²) in [5.74, 6) is 0. The van der Waals surface area contributed by atoms with Crippen LogP contribution in [0.4, 0.5) is 5.69 Å². The summed E-state index contributed by atoms with van der Waals surface area (Å²) in [6, 6.07) is 14.7. The van der Waals surface area contributed by atoms with Crippen LogP contribution in [0, 0.1) is 6.92 Å². The summed E-state index contributed by atoms with van der Waals surface area (Å²) in [6.07, 6.45) is 6.56. The highest BCUT2D eigenvalue weighted by atomic mass is 16.5. The number of rotatable bonds is 11. The van der Waals surface area contributed by atoms with Gasteiger partial charge in [-0.3, -0.25) is 9.67 Å². The van der Waals surface area contributed by atoms with E-state index in [9.17, 15) is 0 Å². The molecule has 0 atom stereocenters. The largest absolute Gasteiger partial charge is 0.383 e. The van der Waals surface area contributed by atoms with Crippen LogP contribution in [0.1, 0.15) is 36.2 Å². The van der Waals surface area contributed by atoms with E-state index < -0.39 is 0 Å². The van der Waals surface area contributed by atoms with E-state index in [0.717, 1.165) is 57.0 Å². The van der Waals surface area contributed by atoms with Gasteiger partial charge in [-0.1, -0.05) is 36.8 Å². The fourth-order valence-electron chi connectivity index (χ4n) is 4.44. The van der Waals surface area contributed by atoms with Gasteiger partial charge in [-0.2, -0.15) is 5.10 Å². The summed E-state index contributed by atoms with van der Waals surface area (Å²) in [7, 11) is 1.74. The number of pyridine rings is 1. The number of unbranched alkanes of at least 4 members (excludes halogenated alkanes) is 2. The molecule has 32 heavy (non-hydrogen) atoms. The van der Waals surface area contributed by atoms with Gasteiger partial charge in [0.05, 0.1) is 18.0 Å². The molecular formula is C26H35N5O. The minimum Gasteiger partial charge on any atom is -0.383 e. The summed E-state index contributed by atoms with van der Waals surface area (Å²) >= 11 is 0. The first-order valence-electron chi connectivity index (χ1n) is 11.8. The Balaban J connectivity index is 1.34. The van der Waals surface area contributed by atoms with Gasteiger partial charge in [0, 0.05) is 68.4 Å². The first-order valence-corrected chi connectivity index (χ1v) is 11.8. The lowest BCUT2D eigenvalue weighted by molar-refractivity contribution is 0.199. The van der Waals surface area contributed by atoms with Crippen molar-refractivity contribution in [2.24, 2.45) is 0 Å². The van der Waals surface area contributed by atoms with Crippen LogP contribution in [0.2, 0.25) is 0 Å². The van der Waals surface area contributed by atoms with Crippen molar-refractivity contribution in [3.63, 3.8) is 0 Å². The molecule has 1 aliphatic heterocycles. The monoisotopic (exact) mass is 433 g/mol. The number of fused-ring (bicyclic) bond motifs is 1. The van der Waals surface area contributed by atoms with E-state index in [0.29, 0.717) is 0 Å². The number of aromatic nitrogens is 3. The van der Waals surface area contributed by atoms with E-state index in [-0.39, 0.29) is 0 Å². The maximum absolute atomic E-state index is 5.06. The molecule has 3 heterocycles. The molecule has 0 aliphatic carbocycles. The summed E-state index contributed by atoms with van der Waals surface area (Å²) < 4.78 is 7.33. The highest BCUT2D eigenvalue weighted by molar-refractivity contribution is 5.64. The third kappa shape index (κ3) is 5.56. The standard InChI is InChI=1S/C26H35N5O/c1-21-24-20-30(23-11-14-28-25(19-23)22-9-5-3-6-10-22)17-12-26(24)31(29-21)16-8-4-7-13-27-15-18-32-2/h3,5-6,9-11,14,19,27H,4,7-8,12-13,15-18,20H2,1-2H3. The lowest BCUT2D eigenvalue weighted by atomic mass is 10.0. The summed E-state index contributed by atoms with van der Waals surface area (Å²) in [6.45, 7) is 7.88. The number of methoxy groups -OCH3 is 1. The van der Waals surface area contributed by atoms with Crippen molar-refractivity contribution in [1.82, 2.24) is 20.1 Å². The van der Waals surface area contributed by atoms with Gasteiger partial charge in [-0.05, 0) is 38.4 Å². The number of hydrogen-bond acceptors (Lipinski definition) is 5. The van der Waals surface area contributed by atoms with Gasteiger partial charge in [0.25, 0.3) is 0 Å². The second kappa shape index (κ2) is 11.2. The highest BCUT2D eigenvalue weighted by Gasteiger charge is 2.23. The van der Waals surface area contributed by atoms with E-state index in [1.807, 2.05) is 12.3 Å². The van der Waals surface area contributed by atoms with Crippen molar-refractivity contribution in [3.8, 4) is 11.3 Å². The van der Waals surface area contributed by atoms with Crippen LogP contribution in [0.3, 0.4) is 0 Å². The average Bonchev–Trinajstić information content (AvgIpc) is 3.16. The number of hydrogen-bond donors (Lipinski definition) is 1. The van der Waals surface area contributed by atoms with Crippen molar-refractivity contribution in [2.75, 3.05) is 38.3 Å². The molecule has 0 spiro atoms. The van der Waals surface area contributed by atoms with Crippen LogP contribution in [0.15, 0.2) is 48.7 Å². The molecule has 0 bridgehead atoms. The van der Waals surface area contributed by atoms with Crippen molar-refractivity contribution >= 4 is 5.69 Å². The van der Waals surface area contributed by atoms with E-state index >= 15 is 0 Å². The second-order valence-corrected chi connectivity index (χ2v) is 8.47. The Kier molecular flexibility index (Phi) is 7.91. The number of ether oxygens (including phenoxy) is 1. The van der Waals surface area contributed by atoms with Crippen LogP contribution < -0.4 is 10.2 Å². The van der Waals surface area contributed by atoms with E-state index in [4.69, 9.17) is 9.84 Å². The fourth-order valence-corrected chi connectivity index (χ4v) is 4.44. The average molecular weight is 434 g/mol. The summed E-state index contributed by atoms with van der Waals surface area (Å²) in [5.41, 5.74) is 7.41. The molecule has 0 radical (unpaired) electrons. The van der Waals surface area contributed by atoms with Gasteiger partial charge in [0.15, 0.2) is 0 Å². The van der Waals surface area contributed by atoms with Gasteiger partial charge in [0.2, 0.25) is 0 Å². The molecule has 6 nitrogen and oxygen atoms in total. The van der Waals surface area contributed by atoms with Crippen LogP contribution in [-0.4, -0.2) is 48.1 Å². The molecule has 4 rings (SSSR count). The number of aryl methyl sites for hydroxylation is 2. The van der Waals surface area contributed by atoms with Gasteiger partial charge >= 0.3 is 0 Å². The molecule has 0 saturated heterocycles. The van der Waals surface area contributed by atoms with Crippen molar-refractivity contribution in [3.05, 3.63) is 65.6 Å². The van der Waals surface area contributed by atoms with E-state index in [1.54, 1.807) is 7.11 Å². The van der Waals surface area contributed by atoms with Crippen LogP contribution in [0.25, 0.3) is 11.3 Å². The number of benzene rings is 1. The Morgan fingerprint density at radius 1 is 1.06 bits per heavy atom. The van der Waals surface area contributed by atoms with Gasteiger partial charge in [0.1, 0.15) is 0 Å². The summed E-state index contributed by atoms with van der Waals surface area (Å²) in [4.78, 5) is 7.05. The predicted molar refractivity (Wildman–Crippen MR) is 130 cm³/mol. The Bertz CT molecular complexity index is 985. The molecule has 1 aliphatic rings. The molecule has 2 aromatic heterocycles.